The van der Waals surface area contributed by atoms with E-state index in [0.29, 0.717) is 12.5 Å². The number of nitrogens with zero attached hydrogens (tertiary/aromatic N) is 1. The molecule has 3 nitrogen and oxygen atoms in total. The summed E-state index contributed by atoms with van der Waals surface area (Å²) < 4.78 is 0. The fourth-order valence-corrected chi connectivity index (χ4v) is 1.68. The van der Waals surface area contributed by atoms with Crippen LogP contribution < -0.4 is 5.73 Å². The molecule has 1 unspecified atom stereocenters. The zero-order valence-electron chi connectivity index (χ0n) is 11.1. The highest BCUT2D eigenvalue weighted by Crippen LogP contribution is 2.15. The average molecular weight is 234 g/mol. The van der Waals surface area contributed by atoms with Crippen LogP contribution in [0, 0.1) is 11.8 Å². The van der Waals surface area contributed by atoms with Gasteiger partial charge in [-0.3, -0.25) is 4.79 Å². The molecule has 1 aromatic carbocycles. The molecule has 2 N–H and O–H groups in total. The largest absolute Gasteiger partial charge is 0.399 e. The number of hydrogen-bond acceptors (Lipinski definition) is 2. The van der Waals surface area contributed by atoms with E-state index in [4.69, 9.17) is 5.73 Å². The molecule has 3 heteroatoms. The molecule has 94 valence electrons. The van der Waals surface area contributed by atoms with Crippen molar-refractivity contribution in [3.63, 3.8) is 0 Å². The van der Waals surface area contributed by atoms with Crippen LogP contribution in [-0.4, -0.2) is 17.9 Å². The monoisotopic (exact) mass is 234 g/mol. The van der Waals surface area contributed by atoms with Gasteiger partial charge in [-0.15, -0.1) is 0 Å². The summed E-state index contributed by atoms with van der Waals surface area (Å²) in [5.41, 5.74) is 7.52. The van der Waals surface area contributed by atoms with E-state index in [1.165, 1.54) is 0 Å². The Morgan fingerprint density at radius 2 is 2.00 bits per heavy atom. The molecule has 0 radical (unpaired) electrons. The van der Waals surface area contributed by atoms with Crippen molar-refractivity contribution >= 4 is 11.6 Å². The van der Waals surface area contributed by atoms with Gasteiger partial charge in [0.05, 0.1) is 0 Å². The third-order valence-electron chi connectivity index (χ3n) is 3.14. The number of nitrogen functional groups attached to an aromatic ring is 1. The molecular weight excluding hydrogens is 212 g/mol. The molecule has 1 amide bonds. The zero-order valence-corrected chi connectivity index (χ0v) is 11.1. The minimum Gasteiger partial charge on any atom is -0.399 e. The molecule has 0 saturated heterocycles. The van der Waals surface area contributed by atoms with Crippen LogP contribution in [0.1, 0.15) is 26.3 Å². The van der Waals surface area contributed by atoms with Gasteiger partial charge in [0.1, 0.15) is 0 Å². The van der Waals surface area contributed by atoms with Gasteiger partial charge >= 0.3 is 0 Å². The van der Waals surface area contributed by atoms with E-state index in [1.54, 1.807) is 4.90 Å². The number of hydrogen-bond donors (Lipinski definition) is 1. The molecule has 0 fully saturated rings. The Kier molecular flexibility index (Phi) is 4.55. The lowest BCUT2D eigenvalue weighted by Crippen LogP contribution is -2.33. The molecular formula is C14H22N2O. The maximum absolute atomic E-state index is 12.1. The van der Waals surface area contributed by atoms with Gasteiger partial charge in [-0.05, 0) is 23.6 Å². The number of benzene rings is 1. The molecule has 0 aliphatic heterocycles. The molecule has 1 atom stereocenters. The number of carbonyl (C=O) groups excluding carboxylic acids is 1. The number of nitrogens with two attached hydrogens (primary N) is 1. The van der Waals surface area contributed by atoms with Crippen LogP contribution in [0.15, 0.2) is 24.3 Å². The second-order valence-electron chi connectivity index (χ2n) is 4.97. The van der Waals surface area contributed by atoms with Crippen molar-refractivity contribution in [3.8, 4) is 0 Å². The highest BCUT2D eigenvalue weighted by atomic mass is 16.2. The number of rotatable bonds is 4. The second kappa shape index (κ2) is 5.71. The Labute approximate surface area is 104 Å². The van der Waals surface area contributed by atoms with E-state index in [0.717, 1.165) is 11.3 Å². The lowest BCUT2D eigenvalue weighted by molar-refractivity contribution is -0.135. The summed E-state index contributed by atoms with van der Waals surface area (Å²) in [5, 5.41) is 0. The second-order valence-corrected chi connectivity index (χ2v) is 4.97. The van der Waals surface area contributed by atoms with Gasteiger partial charge in [-0.2, -0.15) is 0 Å². The van der Waals surface area contributed by atoms with E-state index in [-0.39, 0.29) is 11.8 Å². The van der Waals surface area contributed by atoms with Crippen LogP contribution in [0.5, 0.6) is 0 Å². The van der Waals surface area contributed by atoms with Crippen LogP contribution in [0.2, 0.25) is 0 Å². The van der Waals surface area contributed by atoms with Crippen LogP contribution in [0.25, 0.3) is 0 Å². The maximum atomic E-state index is 12.1. The topological polar surface area (TPSA) is 46.3 Å². The highest BCUT2D eigenvalue weighted by molar-refractivity contribution is 5.78. The summed E-state index contributed by atoms with van der Waals surface area (Å²) >= 11 is 0. The maximum Gasteiger partial charge on any atom is 0.225 e. The molecule has 1 rings (SSSR count). The molecule has 0 aromatic heterocycles. The Bertz CT molecular complexity index is 388. The third-order valence-corrected chi connectivity index (χ3v) is 3.14. The molecule has 1 aromatic rings. The van der Waals surface area contributed by atoms with Crippen molar-refractivity contribution < 1.29 is 4.79 Å². The molecule has 0 spiro atoms. The standard InChI is InChI=1S/C14H22N2O/c1-10(2)11(3)14(17)16(4)9-12-6-5-7-13(15)8-12/h5-8,10-11H,9,15H2,1-4H3. The Balaban J connectivity index is 2.66. The Morgan fingerprint density at radius 3 is 2.53 bits per heavy atom. The first-order valence-corrected chi connectivity index (χ1v) is 6.01. The quantitative estimate of drug-likeness (QED) is 0.814. The van der Waals surface area contributed by atoms with Crippen molar-refractivity contribution in [3.05, 3.63) is 29.8 Å². The van der Waals surface area contributed by atoms with Crippen LogP contribution >= 0.6 is 0 Å². The predicted octanol–water partition coefficient (Wildman–Crippen LogP) is 2.52. The van der Waals surface area contributed by atoms with Crippen molar-refractivity contribution in [1.29, 1.82) is 0 Å². The van der Waals surface area contributed by atoms with E-state index < -0.39 is 0 Å². The number of carbonyl (C=O) groups is 1. The highest BCUT2D eigenvalue weighted by Gasteiger charge is 2.20. The number of anilines is 1. The van der Waals surface area contributed by atoms with Crippen molar-refractivity contribution in [2.24, 2.45) is 11.8 Å². The first-order chi connectivity index (χ1) is 7.91. The first-order valence-electron chi connectivity index (χ1n) is 6.01. The van der Waals surface area contributed by atoms with Crippen LogP contribution in [-0.2, 0) is 11.3 Å². The summed E-state index contributed by atoms with van der Waals surface area (Å²) in [4.78, 5) is 13.8. The molecule has 0 saturated carbocycles. The van der Waals surface area contributed by atoms with Crippen molar-refractivity contribution in [2.75, 3.05) is 12.8 Å². The summed E-state index contributed by atoms with van der Waals surface area (Å²) in [6.07, 6.45) is 0. The Hall–Kier alpha value is -1.51. The third kappa shape index (κ3) is 3.77. The lowest BCUT2D eigenvalue weighted by Gasteiger charge is -2.23. The van der Waals surface area contributed by atoms with Crippen molar-refractivity contribution in [2.45, 2.75) is 27.3 Å². The van der Waals surface area contributed by atoms with E-state index in [2.05, 4.69) is 13.8 Å². The smallest absolute Gasteiger partial charge is 0.225 e. The molecule has 0 bridgehead atoms. The summed E-state index contributed by atoms with van der Waals surface area (Å²) in [5.74, 6) is 0.606. The van der Waals surface area contributed by atoms with Crippen molar-refractivity contribution in [1.82, 2.24) is 4.90 Å². The SMILES string of the molecule is CC(C)C(C)C(=O)N(C)Cc1cccc(N)c1. The lowest BCUT2D eigenvalue weighted by atomic mass is 9.96. The van der Waals surface area contributed by atoms with E-state index >= 15 is 0 Å². The summed E-state index contributed by atoms with van der Waals surface area (Å²) in [6.45, 7) is 6.72. The van der Waals surface area contributed by atoms with Gasteiger partial charge in [0.25, 0.3) is 0 Å². The summed E-state index contributed by atoms with van der Waals surface area (Å²) in [6, 6.07) is 7.65. The fourth-order valence-electron chi connectivity index (χ4n) is 1.68. The minimum absolute atomic E-state index is 0.0565. The van der Waals surface area contributed by atoms with Gasteiger partial charge < -0.3 is 10.6 Å². The fraction of sp³-hybridized carbons (Fsp3) is 0.500. The summed E-state index contributed by atoms with van der Waals surface area (Å²) in [7, 11) is 1.84. The Morgan fingerprint density at radius 1 is 1.35 bits per heavy atom. The van der Waals surface area contributed by atoms with Crippen LogP contribution in [0.4, 0.5) is 5.69 Å². The average Bonchev–Trinajstić information content (AvgIpc) is 2.26. The minimum atomic E-state index is 0.0565. The molecule has 0 aliphatic carbocycles. The molecule has 17 heavy (non-hydrogen) atoms. The van der Waals surface area contributed by atoms with E-state index in [1.807, 2.05) is 38.2 Å². The molecule has 0 heterocycles. The normalized spacial score (nSPS) is 12.5. The molecule has 0 aliphatic rings. The van der Waals surface area contributed by atoms with Gasteiger partial charge in [-0.25, -0.2) is 0 Å². The number of amides is 1. The van der Waals surface area contributed by atoms with E-state index in [9.17, 15) is 4.79 Å². The van der Waals surface area contributed by atoms with Gasteiger partial charge in [-0.1, -0.05) is 32.9 Å². The first kappa shape index (κ1) is 13.6. The predicted molar refractivity (Wildman–Crippen MR) is 71.3 cm³/mol. The zero-order chi connectivity index (χ0) is 13.0. The van der Waals surface area contributed by atoms with Crippen LogP contribution in [0.3, 0.4) is 0 Å². The van der Waals surface area contributed by atoms with Gasteiger partial charge in [0.2, 0.25) is 5.91 Å². The van der Waals surface area contributed by atoms with Gasteiger partial charge in [0.15, 0.2) is 0 Å². The van der Waals surface area contributed by atoms with Gasteiger partial charge in [0, 0.05) is 25.2 Å².